The van der Waals surface area contributed by atoms with Crippen LogP contribution < -0.4 is 16.0 Å². The monoisotopic (exact) mass is 330 g/mol. The predicted octanol–water partition coefficient (Wildman–Crippen LogP) is 1.95. The number of aromatic nitrogens is 3. The Morgan fingerprint density at radius 3 is 2.58 bits per heavy atom. The van der Waals surface area contributed by atoms with Crippen LogP contribution in [0.1, 0.15) is 18.3 Å². The predicted molar refractivity (Wildman–Crippen MR) is 91.8 cm³/mol. The first-order valence-electron chi connectivity index (χ1n) is 7.66. The van der Waals surface area contributed by atoms with E-state index in [1.54, 1.807) is 6.92 Å². The van der Waals surface area contributed by atoms with E-state index in [-0.39, 0.29) is 18.0 Å². The number of carbonyl (C=O) groups excluding carboxylic acids is 1. The van der Waals surface area contributed by atoms with Crippen LogP contribution in [0.5, 0.6) is 0 Å². The minimum absolute atomic E-state index is 0.00311. The highest BCUT2D eigenvalue weighted by Gasteiger charge is 2.09. The number of anilines is 2. The number of benzene rings is 1. The van der Waals surface area contributed by atoms with Crippen LogP contribution in [0.25, 0.3) is 0 Å². The molecule has 0 radical (unpaired) electrons. The van der Waals surface area contributed by atoms with Gasteiger partial charge in [-0.3, -0.25) is 5.32 Å². The highest BCUT2D eigenvalue weighted by molar-refractivity contribution is 5.87. The highest BCUT2D eigenvalue weighted by atomic mass is 16.5. The summed E-state index contributed by atoms with van der Waals surface area (Å²) in [7, 11) is 1.52. The van der Waals surface area contributed by atoms with Gasteiger partial charge in [0.05, 0.1) is 13.2 Å². The first kappa shape index (κ1) is 17.6. The van der Waals surface area contributed by atoms with Crippen molar-refractivity contribution in [2.24, 2.45) is 0 Å². The molecule has 8 heteroatoms. The van der Waals surface area contributed by atoms with E-state index in [9.17, 15) is 4.79 Å². The number of nitrogens with one attached hydrogen (secondary N) is 3. The zero-order chi connectivity index (χ0) is 17.4. The van der Waals surface area contributed by atoms with Crippen molar-refractivity contribution in [1.82, 2.24) is 20.3 Å². The summed E-state index contributed by atoms with van der Waals surface area (Å²) in [6, 6.07) is 9.59. The quantitative estimate of drug-likeness (QED) is 0.717. The van der Waals surface area contributed by atoms with Crippen molar-refractivity contribution in [1.29, 1.82) is 0 Å². The molecule has 128 valence electrons. The van der Waals surface area contributed by atoms with Gasteiger partial charge >= 0.3 is 6.03 Å². The van der Waals surface area contributed by atoms with Gasteiger partial charge in [0.2, 0.25) is 11.9 Å². The molecule has 0 fully saturated rings. The maximum Gasteiger partial charge on any atom is 0.321 e. The lowest BCUT2D eigenvalue weighted by atomic mass is 10.2. The van der Waals surface area contributed by atoms with E-state index in [1.807, 2.05) is 37.3 Å². The van der Waals surface area contributed by atoms with Crippen LogP contribution in [-0.4, -0.2) is 40.7 Å². The van der Waals surface area contributed by atoms with Gasteiger partial charge in [-0.15, -0.1) is 0 Å². The molecule has 0 saturated carbocycles. The zero-order valence-corrected chi connectivity index (χ0v) is 14.0. The molecule has 0 bridgehead atoms. The van der Waals surface area contributed by atoms with E-state index >= 15 is 0 Å². The molecule has 1 aromatic heterocycles. The fourth-order valence-electron chi connectivity index (χ4n) is 1.96. The van der Waals surface area contributed by atoms with Crippen molar-refractivity contribution in [3.63, 3.8) is 0 Å². The molecule has 2 amide bonds. The zero-order valence-electron chi connectivity index (χ0n) is 14.0. The Morgan fingerprint density at radius 2 is 1.88 bits per heavy atom. The summed E-state index contributed by atoms with van der Waals surface area (Å²) in [6.07, 6.45) is 0. The lowest BCUT2D eigenvalue weighted by Crippen LogP contribution is -2.27. The first-order valence-corrected chi connectivity index (χ1v) is 7.66. The molecule has 0 aliphatic carbocycles. The minimum Gasteiger partial charge on any atom is -0.375 e. The van der Waals surface area contributed by atoms with Gasteiger partial charge < -0.3 is 15.4 Å². The molecule has 8 nitrogen and oxygen atoms in total. The number of nitrogens with zero attached hydrogens (tertiary/aromatic N) is 3. The van der Waals surface area contributed by atoms with Crippen molar-refractivity contribution < 1.29 is 9.53 Å². The van der Waals surface area contributed by atoms with E-state index in [1.165, 1.54) is 7.05 Å². The summed E-state index contributed by atoms with van der Waals surface area (Å²) in [5, 5.41) is 8.11. The summed E-state index contributed by atoms with van der Waals surface area (Å²) >= 11 is 0. The van der Waals surface area contributed by atoms with Crippen LogP contribution in [0, 0.1) is 6.92 Å². The standard InChI is InChI=1S/C16H22N6O2/c1-11(9-24-10-13-7-5-4-6-8-13)18-14-19-12(2)20-15(21-14)22-16(23)17-3/h4-8,11H,9-10H2,1-3H3,(H3,17,18,19,20,21,22,23). The normalized spacial score (nSPS) is 11.6. The van der Waals surface area contributed by atoms with Gasteiger partial charge in [0.15, 0.2) is 0 Å². The molecular formula is C16H22N6O2. The van der Waals surface area contributed by atoms with Crippen LogP contribution in [-0.2, 0) is 11.3 Å². The van der Waals surface area contributed by atoms with E-state index in [4.69, 9.17) is 4.74 Å². The Kier molecular flexibility index (Phi) is 6.44. The van der Waals surface area contributed by atoms with Gasteiger partial charge in [-0.25, -0.2) is 4.79 Å². The smallest absolute Gasteiger partial charge is 0.321 e. The van der Waals surface area contributed by atoms with Crippen LogP contribution in [0.3, 0.4) is 0 Å². The molecule has 3 N–H and O–H groups in total. The Balaban J connectivity index is 1.86. The van der Waals surface area contributed by atoms with Crippen LogP contribution in [0.4, 0.5) is 16.7 Å². The summed E-state index contributed by atoms with van der Waals surface area (Å²) in [4.78, 5) is 23.8. The van der Waals surface area contributed by atoms with Gasteiger partial charge in [0.1, 0.15) is 5.82 Å². The van der Waals surface area contributed by atoms with Crippen molar-refractivity contribution in [2.45, 2.75) is 26.5 Å². The molecule has 0 spiro atoms. The first-order chi connectivity index (χ1) is 11.6. The number of rotatable bonds is 7. The summed E-state index contributed by atoms with van der Waals surface area (Å²) < 4.78 is 5.68. The fraction of sp³-hybridized carbons (Fsp3) is 0.375. The average molecular weight is 330 g/mol. The van der Waals surface area contributed by atoms with E-state index < -0.39 is 0 Å². The number of carbonyl (C=O) groups is 1. The van der Waals surface area contributed by atoms with Gasteiger partial charge in [0, 0.05) is 13.1 Å². The average Bonchev–Trinajstić information content (AvgIpc) is 2.55. The topological polar surface area (TPSA) is 101 Å². The molecule has 1 unspecified atom stereocenters. The minimum atomic E-state index is -0.384. The summed E-state index contributed by atoms with van der Waals surface area (Å²) in [5.74, 6) is 1.10. The Labute approximate surface area is 141 Å². The number of urea groups is 1. The highest BCUT2D eigenvalue weighted by Crippen LogP contribution is 2.07. The lowest BCUT2D eigenvalue weighted by Gasteiger charge is -2.15. The van der Waals surface area contributed by atoms with Crippen LogP contribution in [0.2, 0.25) is 0 Å². The SMILES string of the molecule is CNC(=O)Nc1nc(C)nc(NC(C)COCc2ccccc2)n1. The van der Waals surface area contributed by atoms with Crippen molar-refractivity contribution in [2.75, 3.05) is 24.3 Å². The number of ether oxygens (including phenoxy) is 1. The number of hydrogen-bond donors (Lipinski definition) is 3. The maximum absolute atomic E-state index is 11.3. The van der Waals surface area contributed by atoms with Gasteiger partial charge in [0.25, 0.3) is 0 Å². The van der Waals surface area contributed by atoms with Crippen molar-refractivity contribution in [3.8, 4) is 0 Å². The van der Waals surface area contributed by atoms with E-state index in [0.717, 1.165) is 5.56 Å². The third-order valence-electron chi connectivity index (χ3n) is 3.05. The van der Waals surface area contributed by atoms with Crippen molar-refractivity contribution in [3.05, 3.63) is 41.7 Å². The second-order valence-corrected chi connectivity index (χ2v) is 5.28. The molecule has 0 aliphatic heterocycles. The van der Waals surface area contributed by atoms with E-state index in [2.05, 4.69) is 30.9 Å². The summed E-state index contributed by atoms with van der Waals surface area (Å²) in [6.45, 7) is 4.75. The summed E-state index contributed by atoms with van der Waals surface area (Å²) in [5.41, 5.74) is 1.12. The van der Waals surface area contributed by atoms with Crippen molar-refractivity contribution >= 4 is 17.9 Å². The molecule has 24 heavy (non-hydrogen) atoms. The third kappa shape index (κ3) is 5.81. The number of aryl methyl sites for hydroxylation is 1. The second-order valence-electron chi connectivity index (χ2n) is 5.28. The molecule has 1 aromatic carbocycles. The number of amides is 2. The molecule has 0 aliphatic rings. The molecule has 2 aromatic rings. The molecule has 2 rings (SSSR count). The molecule has 1 heterocycles. The Hall–Kier alpha value is -2.74. The maximum atomic E-state index is 11.3. The van der Waals surface area contributed by atoms with Gasteiger partial charge in [-0.05, 0) is 19.4 Å². The largest absolute Gasteiger partial charge is 0.375 e. The fourth-order valence-corrected chi connectivity index (χ4v) is 1.96. The Bertz CT molecular complexity index is 665. The molecule has 1 atom stereocenters. The second kappa shape index (κ2) is 8.78. The van der Waals surface area contributed by atoms with Crippen LogP contribution >= 0.6 is 0 Å². The van der Waals surface area contributed by atoms with Gasteiger partial charge in [-0.1, -0.05) is 30.3 Å². The van der Waals surface area contributed by atoms with Gasteiger partial charge in [-0.2, -0.15) is 15.0 Å². The van der Waals surface area contributed by atoms with E-state index in [0.29, 0.717) is 25.0 Å². The molecule has 0 saturated heterocycles. The lowest BCUT2D eigenvalue weighted by molar-refractivity contribution is 0.115. The molecular weight excluding hydrogens is 308 g/mol. The Morgan fingerprint density at radius 1 is 1.17 bits per heavy atom. The third-order valence-corrected chi connectivity index (χ3v) is 3.05. The van der Waals surface area contributed by atoms with Crippen LogP contribution in [0.15, 0.2) is 30.3 Å². The number of hydrogen-bond acceptors (Lipinski definition) is 6.